The van der Waals surface area contributed by atoms with Crippen LogP contribution in [0.2, 0.25) is 0 Å². The maximum absolute atomic E-state index is 11.4. The minimum absolute atomic E-state index is 0.110. The van der Waals surface area contributed by atoms with Crippen LogP contribution in [0.15, 0.2) is 30.3 Å². The Morgan fingerprint density at radius 1 is 1.12 bits per heavy atom. The second-order valence-corrected chi connectivity index (χ2v) is 4.12. The third kappa shape index (κ3) is 6.74. The van der Waals surface area contributed by atoms with E-state index in [4.69, 9.17) is 5.11 Å². The number of amides is 1. The number of unbranched alkanes of at least 4 members (excludes halogenated alkanes) is 2. The van der Waals surface area contributed by atoms with E-state index in [1.165, 1.54) is 5.56 Å². The van der Waals surface area contributed by atoms with E-state index in [2.05, 4.69) is 17.4 Å². The summed E-state index contributed by atoms with van der Waals surface area (Å²) in [5.41, 5.74) is 1.24. The highest BCUT2D eigenvalue weighted by atomic mass is 16.2. The zero-order valence-corrected chi connectivity index (χ0v) is 10.2. The van der Waals surface area contributed by atoms with E-state index in [0.29, 0.717) is 13.0 Å². The first kappa shape index (κ1) is 13.7. The highest BCUT2D eigenvalue weighted by molar-refractivity contribution is 5.75. The van der Waals surface area contributed by atoms with Crippen molar-refractivity contribution in [3.8, 4) is 0 Å². The Morgan fingerprint density at radius 2 is 1.88 bits per heavy atom. The number of hydrogen-bond donors (Lipinski definition) is 2. The van der Waals surface area contributed by atoms with Crippen molar-refractivity contribution in [2.75, 3.05) is 13.2 Å². The Hall–Kier alpha value is -1.35. The summed E-state index contributed by atoms with van der Waals surface area (Å²) in [7, 11) is 0. The van der Waals surface area contributed by atoms with Crippen LogP contribution in [0.1, 0.15) is 31.2 Å². The topological polar surface area (TPSA) is 49.3 Å². The molecule has 1 aromatic rings. The van der Waals surface area contributed by atoms with E-state index in [9.17, 15) is 4.79 Å². The van der Waals surface area contributed by atoms with Crippen LogP contribution < -0.4 is 5.32 Å². The number of carbonyl (C=O) groups excluding carboxylic acids is 1. The van der Waals surface area contributed by atoms with Gasteiger partial charge in [0, 0.05) is 19.6 Å². The van der Waals surface area contributed by atoms with Gasteiger partial charge in [0.15, 0.2) is 0 Å². The molecule has 17 heavy (non-hydrogen) atoms. The van der Waals surface area contributed by atoms with Gasteiger partial charge in [-0.05, 0) is 24.8 Å². The normalized spacial score (nSPS) is 10.2. The molecule has 3 heteroatoms. The van der Waals surface area contributed by atoms with Crippen LogP contribution in [0, 0.1) is 0 Å². The molecule has 0 unspecified atom stereocenters. The van der Waals surface area contributed by atoms with E-state index in [1.807, 2.05) is 18.2 Å². The molecule has 1 amide bonds. The minimum Gasteiger partial charge on any atom is -0.396 e. The average molecular weight is 235 g/mol. The van der Waals surface area contributed by atoms with Gasteiger partial charge in [0.05, 0.1) is 0 Å². The van der Waals surface area contributed by atoms with E-state index in [-0.39, 0.29) is 12.5 Å². The van der Waals surface area contributed by atoms with Crippen molar-refractivity contribution in [1.82, 2.24) is 5.32 Å². The minimum atomic E-state index is 0.110. The second-order valence-electron chi connectivity index (χ2n) is 4.12. The molecule has 0 bridgehead atoms. The molecule has 94 valence electrons. The number of nitrogens with one attached hydrogen (secondary N) is 1. The Morgan fingerprint density at radius 3 is 2.59 bits per heavy atom. The van der Waals surface area contributed by atoms with Crippen LogP contribution in [0.5, 0.6) is 0 Å². The van der Waals surface area contributed by atoms with Gasteiger partial charge in [0.1, 0.15) is 0 Å². The van der Waals surface area contributed by atoms with Gasteiger partial charge in [-0.1, -0.05) is 36.8 Å². The second kappa shape index (κ2) is 8.76. The molecule has 0 aliphatic carbocycles. The molecule has 1 rings (SSSR count). The van der Waals surface area contributed by atoms with Crippen LogP contribution in [-0.2, 0) is 11.2 Å². The van der Waals surface area contributed by atoms with Crippen molar-refractivity contribution < 1.29 is 9.90 Å². The van der Waals surface area contributed by atoms with Gasteiger partial charge in [0.2, 0.25) is 5.91 Å². The third-order valence-electron chi connectivity index (χ3n) is 2.64. The van der Waals surface area contributed by atoms with Crippen molar-refractivity contribution in [3.63, 3.8) is 0 Å². The Kier molecular flexibility index (Phi) is 7.07. The van der Waals surface area contributed by atoms with E-state index in [0.717, 1.165) is 25.7 Å². The van der Waals surface area contributed by atoms with Gasteiger partial charge in [-0.25, -0.2) is 0 Å². The van der Waals surface area contributed by atoms with Crippen molar-refractivity contribution >= 4 is 5.91 Å². The predicted octanol–water partition coefficient (Wildman–Crippen LogP) is 1.90. The van der Waals surface area contributed by atoms with Crippen molar-refractivity contribution in [3.05, 3.63) is 35.9 Å². The van der Waals surface area contributed by atoms with E-state index < -0.39 is 0 Å². The van der Waals surface area contributed by atoms with Crippen LogP contribution in [0.3, 0.4) is 0 Å². The molecule has 0 saturated heterocycles. The molecular formula is C14H21NO2. The first-order chi connectivity index (χ1) is 8.33. The Balaban J connectivity index is 2.04. The fourth-order valence-corrected chi connectivity index (χ4v) is 1.65. The number of aliphatic hydroxyl groups excluding tert-OH is 1. The maximum atomic E-state index is 11.4. The van der Waals surface area contributed by atoms with Gasteiger partial charge >= 0.3 is 0 Å². The number of benzene rings is 1. The average Bonchev–Trinajstić information content (AvgIpc) is 2.36. The quantitative estimate of drug-likeness (QED) is 0.676. The highest BCUT2D eigenvalue weighted by Gasteiger charge is 2.00. The molecule has 0 aliphatic rings. The largest absolute Gasteiger partial charge is 0.396 e. The van der Waals surface area contributed by atoms with Gasteiger partial charge in [-0.3, -0.25) is 4.79 Å². The monoisotopic (exact) mass is 235 g/mol. The van der Waals surface area contributed by atoms with Gasteiger partial charge in [-0.15, -0.1) is 0 Å². The first-order valence-electron chi connectivity index (χ1n) is 6.24. The standard InChI is InChI=1S/C14H21NO2/c16-12-6-2-5-9-14(17)15-11-10-13-7-3-1-4-8-13/h1,3-4,7-8,16H,2,5-6,9-12H2,(H,15,17). The molecule has 0 saturated carbocycles. The number of rotatable bonds is 8. The Labute approximate surface area is 103 Å². The molecular weight excluding hydrogens is 214 g/mol. The molecule has 0 atom stereocenters. The molecule has 3 nitrogen and oxygen atoms in total. The van der Waals surface area contributed by atoms with Crippen molar-refractivity contribution in [2.24, 2.45) is 0 Å². The first-order valence-corrected chi connectivity index (χ1v) is 6.24. The van der Waals surface area contributed by atoms with E-state index in [1.54, 1.807) is 0 Å². The molecule has 0 heterocycles. The Bertz CT molecular complexity index is 311. The summed E-state index contributed by atoms with van der Waals surface area (Å²) in [6, 6.07) is 10.1. The lowest BCUT2D eigenvalue weighted by atomic mass is 10.1. The number of aliphatic hydroxyl groups is 1. The summed E-state index contributed by atoms with van der Waals surface area (Å²) >= 11 is 0. The zero-order chi connectivity index (χ0) is 12.3. The molecule has 0 radical (unpaired) electrons. The smallest absolute Gasteiger partial charge is 0.220 e. The zero-order valence-electron chi connectivity index (χ0n) is 10.2. The summed E-state index contributed by atoms with van der Waals surface area (Å²) in [5.74, 6) is 0.110. The third-order valence-corrected chi connectivity index (χ3v) is 2.64. The summed E-state index contributed by atoms with van der Waals surface area (Å²) < 4.78 is 0. The summed E-state index contributed by atoms with van der Waals surface area (Å²) in [6.45, 7) is 0.915. The predicted molar refractivity (Wildman–Crippen MR) is 68.7 cm³/mol. The van der Waals surface area contributed by atoms with Crippen LogP contribution in [-0.4, -0.2) is 24.2 Å². The van der Waals surface area contributed by atoms with Crippen molar-refractivity contribution in [2.45, 2.75) is 32.1 Å². The molecule has 0 aromatic heterocycles. The summed E-state index contributed by atoms with van der Waals surface area (Å²) in [6.07, 6.45) is 4.01. The van der Waals surface area contributed by atoms with Crippen molar-refractivity contribution in [1.29, 1.82) is 0 Å². The lowest BCUT2D eigenvalue weighted by Crippen LogP contribution is -2.25. The SMILES string of the molecule is O=C(CCCCCO)NCCc1ccccc1. The fourth-order valence-electron chi connectivity index (χ4n) is 1.65. The molecule has 2 N–H and O–H groups in total. The number of hydrogen-bond acceptors (Lipinski definition) is 2. The molecule has 0 aliphatic heterocycles. The van der Waals surface area contributed by atoms with Gasteiger partial charge < -0.3 is 10.4 Å². The fraction of sp³-hybridized carbons (Fsp3) is 0.500. The summed E-state index contributed by atoms with van der Waals surface area (Å²) in [5, 5.41) is 11.5. The van der Waals surface area contributed by atoms with Crippen LogP contribution >= 0.6 is 0 Å². The number of carbonyl (C=O) groups is 1. The molecule has 1 aromatic carbocycles. The highest BCUT2D eigenvalue weighted by Crippen LogP contribution is 2.00. The van der Waals surface area contributed by atoms with Crippen LogP contribution in [0.4, 0.5) is 0 Å². The van der Waals surface area contributed by atoms with Gasteiger partial charge in [0.25, 0.3) is 0 Å². The maximum Gasteiger partial charge on any atom is 0.220 e. The lowest BCUT2D eigenvalue weighted by molar-refractivity contribution is -0.121. The van der Waals surface area contributed by atoms with Crippen LogP contribution in [0.25, 0.3) is 0 Å². The lowest BCUT2D eigenvalue weighted by Gasteiger charge is -2.05. The van der Waals surface area contributed by atoms with Gasteiger partial charge in [-0.2, -0.15) is 0 Å². The van der Waals surface area contributed by atoms with E-state index >= 15 is 0 Å². The molecule has 0 fully saturated rings. The molecule has 0 spiro atoms. The summed E-state index contributed by atoms with van der Waals surface area (Å²) in [4.78, 5) is 11.4.